The van der Waals surface area contributed by atoms with Crippen molar-refractivity contribution in [3.63, 3.8) is 0 Å². The molecule has 1 aromatic heterocycles. The van der Waals surface area contributed by atoms with Crippen LogP contribution in [-0.2, 0) is 13.0 Å². The van der Waals surface area contributed by atoms with E-state index >= 15 is 0 Å². The number of aromatic nitrogens is 2. The summed E-state index contributed by atoms with van der Waals surface area (Å²) in [5.41, 5.74) is 0. The van der Waals surface area contributed by atoms with Crippen LogP contribution in [0.1, 0.15) is 174 Å². The van der Waals surface area contributed by atoms with E-state index in [1.165, 1.54) is 148 Å². The van der Waals surface area contributed by atoms with Gasteiger partial charge in [-0.25, -0.2) is 9.13 Å². The first-order valence-electron chi connectivity index (χ1n) is 15.3. The normalized spacial score (nSPS) is 12.5. The fourth-order valence-electron chi connectivity index (χ4n) is 5.16. The fourth-order valence-corrected chi connectivity index (χ4v) is 5.16. The molecule has 1 rings (SSSR count). The lowest BCUT2D eigenvalue weighted by molar-refractivity contribution is -0.704. The Bertz CT molecular complexity index is 533. The third-order valence-electron chi connectivity index (χ3n) is 7.49. The number of hydrogen-bond acceptors (Lipinski definition) is 0. The van der Waals surface area contributed by atoms with E-state index in [-0.39, 0.29) is 0 Å². The smallest absolute Gasteiger partial charge is 0.234 e. The van der Waals surface area contributed by atoms with Gasteiger partial charge in [0.2, 0.25) is 0 Å². The van der Waals surface area contributed by atoms with Crippen LogP contribution < -0.4 is 4.57 Å². The van der Waals surface area contributed by atoms with Crippen LogP contribution in [0.25, 0.3) is 0 Å². The Morgan fingerprint density at radius 2 is 1.06 bits per heavy atom. The molecular weight excluding hydrogens is 400 g/mol. The molecule has 33 heavy (non-hydrogen) atoms. The molecule has 1 unspecified atom stereocenters. The molecule has 0 saturated heterocycles. The summed E-state index contributed by atoms with van der Waals surface area (Å²) in [4.78, 5) is 0. The van der Waals surface area contributed by atoms with Gasteiger partial charge in [0.25, 0.3) is 5.82 Å². The molecule has 1 heterocycles. The maximum absolute atomic E-state index is 2.62. The van der Waals surface area contributed by atoms with Crippen LogP contribution in [0.3, 0.4) is 0 Å². The third-order valence-corrected chi connectivity index (χ3v) is 7.49. The minimum absolute atomic E-state index is 0.645. The van der Waals surface area contributed by atoms with Gasteiger partial charge >= 0.3 is 0 Å². The Morgan fingerprint density at radius 3 is 1.58 bits per heavy atom. The van der Waals surface area contributed by atoms with E-state index in [4.69, 9.17) is 0 Å². The van der Waals surface area contributed by atoms with Gasteiger partial charge in [-0.3, -0.25) is 0 Å². The van der Waals surface area contributed by atoms with Crippen molar-refractivity contribution in [3.8, 4) is 0 Å². The molecule has 0 radical (unpaired) electrons. The van der Waals surface area contributed by atoms with Gasteiger partial charge in [-0.05, 0) is 32.6 Å². The number of hydrogen-bond donors (Lipinski definition) is 0. The molecule has 0 saturated carbocycles. The van der Waals surface area contributed by atoms with E-state index in [0.717, 1.165) is 0 Å². The van der Waals surface area contributed by atoms with E-state index in [1.54, 1.807) is 5.82 Å². The monoisotopic (exact) mass is 461 g/mol. The van der Waals surface area contributed by atoms with Crippen LogP contribution in [-0.4, -0.2) is 4.57 Å². The van der Waals surface area contributed by atoms with Gasteiger partial charge in [-0.2, -0.15) is 0 Å². The molecular formula is C31H61N2+. The Hall–Kier alpha value is -0.790. The summed E-state index contributed by atoms with van der Waals surface area (Å²) >= 11 is 0. The molecule has 0 aliphatic rings. The van der Waals surface area contributed by atoms with Crippen LogP contribution >= 0.6 is 0 Å². The van der Waals surface area contributed by atoms with Gasteiger partial charge in [0, 0.05) is 6.42 Å². The van der Waals surface area contributed by atoms with Crippen LogP contribution in [0.4, 0.5) is 0 Å². The Balaban J connectivity index is 2.26. The standard InChI is InChI=1S/C31H61N2/c1-5-8-11-13-14-15-16-17-18-19-20-22-24-26-31-32(27-10-7-3)28-29-33(31)30(4)25-23-21-12-9-6-2/h28-30H,5-27H2,1-4H3/q+1. The molecule has 1 aromatic rings. The minimum Gasteiger partial charge on any atom is -0.234 e. The summed E-state index contributed by atoms with van der Waals surface area (Å²) in [6.45, 7) is 10.6. The van der Waals surface area contributed by atoms with Crippen molar-refractivity contribution in [2.45, 2.75) is 182 Å². The largest absolute Gasteiger partial charge is 0.256 e. The molecule has 2 nitrogen and oxygen atoms in total. The van der Waals surface area contributed by atoms with Crippen LogP contribution in [0.5, 0.6) is 0 Å². The van der Waals surface area contributed by atoms with Gasteiger partial charge < -0.3 is 0 Å². The second-order valence-electron chi connectivity index (χ2n) is 10.7. The van der Waals surface area contributed by atoms with Crippen LogP contribution in [0.15, 0.2) is 12.4 Å². The molecule has 0 fully saturated rings. The van der Waals surface area contributed by atoms with E-state index in [2.05, 4.69) is 49.2 Å². The summed E-state index contributed by atoms with van der Waals surface area (Å²) in [6.07, 6.45) is 35.5. The topological polar surface area (TPSA) is 8.81 Å². The molecule has 0 spiro atoms. The third kappa shape index (κ3) is 14.9. The second kappa shape index (κ2) is 21.7. The van der Waals surface area contributed by atoms with E-state index < -0.39 is 0 Å². The highest BCUT2D eigenvalue weighted by Crippen LogP contribution is 2.19. The molecule has 0 aliphatic carbocycles. The van der Waals surface area contributed by atoms with Crippen molar-refractivity contribution in [2.24, 2.45) is 0 Å². The molecule has 0 aliphatic heterocycles. The van der Waals surface area contributed by atoms with Crippen molar-refractivity contribution in [1.82, 2.24) is 4.57 Å². The molecule has 0 amide bonds. The van der Waals surface area contributed by atoms with Crippen molar-refractivity contribution in [2.75, 3.05) is 0 Å². The number of unbranched alkanes of at least 4 members (excludes halogenated alkanes) is 17. The van der Waals surface area contributed by atoms with Gasteiger partial charge in [0.15, 0.2) is 0 Å². The number of rotatable bonds is 24. The highest BCUT2D eigenvalue weighted by molar-refractivity contribution is 4.88. The summed E-state index contributed by atoms with van der Waals surface area (Å²) in [6, 6.07) is 0.645. The fraction of sp³-hybridized carbons (Fsp3) is 0.903. The predicted molar refractivity (Wildman–Crippen MR) is 147 cm³/mol. The lowest BCUT2D eigenvalue weighted by Gasteiger charge is -2.12. The lowest BCUT2D eigenvalue weighted by Crippen LogP contribution is -2.37. The van der Waals surface area contributed by atoms with Crippen molar-refractivity contribution in [1.29, 1.82) is 0 Å². The zero-order chi connectivity index (χ0) is 24.0. The second-order valence-corrected chi connectivity index (χ2v) is 10.7. The molecule has 0 bridgehead atoms. The molecule has 0 N–H and O–H groups in total. The average molecular weight is 462 g/mol. The Labute approximate surface area is 208 Å². The number of imidazole rings is 1. The van der Waals surface area contributed by atoms with Crippen LogP contribution in [0, 0.1) is 0 Å². The maximum Gasteiger partial charge on any atom is 0.256 e. The van der Waals surface area contributed by atoms with Gasteiger partial charge in [-0.1, -0.05) is 130 Å². The molecule has 194 valence electrons. The molecule has 2 heteroatoms. The lowest BCUT2D eigenvalue weighted by atomic mass is 10.0. The maximum atomic E-state index is 2.62. The van der Waals surface area contributed by atoms with Gasteiger partial charge in [-0.15, -0.1) is 0 Å². The summed E-state index contributed by atoms with van der Waals surface area (Å²) < 4.78 is 5.19. The van der Waals surface area contributed by atoms with Gasteiger partial charge in [0.05, 0.1) is 12.6 Å². The van der Waals surface area contributed by atoms with Crippen LogP contribution in [0.2, 0.25) is 0 Å². The number of nitrogens with zero attached hydrogens (tertiary/aromatic N) is 2. The van der Waals surface area contributed by atoms with Crippen molar-refractivity contribution >= 4 is 0 Å². The van der Waals surface area contributed by atoms with Crippen molar-refractivity contribution < 1.29 is 4.57 Å². The first-order valence-corrected chi connectivity index (χ1v) is 15.3. The van der Waals surface area contributed by atoms with E-state index in [1.807, 2.05) is 0 Å². The summed E-state index contributed by atoms with van der Waals surface area (Å²) in [5, 5.41) is 0. The molecule has 0 aromatic carbocycles. The van der Waals surface area contributed by atoms with E-state index in [0.29, 0.717) is 6.04 Å². The highest BCUT2D eigenvalue weighted by Gasteiger charge is 2.20. The highest BCUT2D eigenvalue weighted by atomic mass is 15.2. The first-order chi connectivity index (χ1) is 16.2. The van der Waals surface area contributed by atoms with E-state index in [9.17, 15) is 0 Å². The minimum atomic E-state index is 0.645. The predicted octanol–water partition coefficient (Wildman–Crippen LogP) is 10.1. The molecule has 1 atom stereocenters. The number of aryl methyl sites for hydroxylation is 1. The summed E-state index contributed by atoms with van der Waals surface area (Å²) in [7, 11) is 0. The average Bonchev–Trinajstić information content (AvgIpc) is 3.23. The Morgan fingerprint density at radius 1 is 0.606 bits per heavy atom. The summed E-state index contributed by atoms with van der Waals surface area (Å²) in [5.74, 6) is 1.59. The first kappa shape index (κ1) is 30.2. The van der Waals surface area contributed by atoms with Gasteiger partial charge in [0.1, 0.15) is 12.4 Å². The zero-order valence-electron chi connectivity index (χ0n) is 23.4. The Kier molecular flexibility index (Phi) is 19.9. The quantitative estimate of drug-likeness (QED) is 0.107. The van der Waals surface area contributed by atoms with Crippen molar-refractivity contribution in [3.05, 3.63) is 18.2 Å². The zero-order valence-corrected chi connectivity index (χ0v) is 23.4. The SMILES string of the molecule is CCCCCCCCCCCCCCCc1n(C(C)CCCCCCC)cc[n+]1CCCC.